The number of aryl methyl sites for hydroxylation is 2. The number of hydrogen-bond donors (Lipinski definition) is 1. The molecule has 1 aromatic rings. The average molecular weight is 221 g/mol. The largest absolute Gasteiger partial charge is 0.386 e. The highest BCUT2D eigenvalue weighted by atomic mass is 16.3. The third-order valence-electron chi connectivity index (χ3n) is 2.96. The average Bonchev–Trinajstić information content (AvgIpc) is 2.12. The van der Waals surface area contributed by atoms with Crippen molar-refractivity contribution in [2.24, 2.45) is 0 Å². The molecular weight excluding hydrogens is 202 g/mol. The molecule has 1 aliphatic rings. The van der Waals surface area contributed by atoms with Gasteiger partial charge < -0.3 is 10.0 Å². The normalized spacial score (nSPS) is 18.4. The van der Waals surface area contributed by atoms with Gasteiger partial charge in [0.2, 0.25) is 0 Å². The van der Waals surface area contributed by atoms with Crippen LogP contribution in [0.25, 0.3) is 0 Å². The summed E-state index contributed by atoms with van der Waals surface area (Å²) in [6.45, 7) is 7.35. The maximum absolute atomic E-state index is 10.1. The van der Waals surface area contributed by atoms with E-state index < -0.39 is 5.60 Å². The van der Waals surface area contributed by atoms with Crippen molar-refractivity contribution in [3.05, 3.63) is 17.6 Å². The fourth-order valence-electron chi connectivity index (χ4n) is 2.31. The van der Waals surface area contributed by atoms with Gasteiger partial charge in [0.05, 0.1) is 5.60 Å². The Morgan fingerprint density at radius 1 is 1.38 bits per heavy atom. The molecular formula is C12H19N3O. The van der Waals surface area contributed by atoms with Gasteiger partial charge in [0, 0.05) is 24.8 Å². The molecule has 1 aromatic heterocycles. The molecule has 0 radical (unpaired) electrons. The van der Waals surface area contributed by atoms with E-state index in [1.165, 1.54) is 0 Å². The van der Waals surface area contributed by atoms with E-state index in [0.29, 0.717) is 13.1 Å². The summed E-state index contributed by atoms with van der Waals surface area (Å²) >= 11 is 0. The van der Waals surface area contributed by atoms with Crippen LogP contribution in [0.1, 0.15) is 31.3 Å². The van der Waals surface area contributed by atoms with Crippen LogP contribution in [0.3, 0.4) is 0 Å². The van der Waals surface area contributed by atoms with Gasteiger partial charge in [-0.2, -0.15) is 0 Å². The Balaban J connectivity index is 2.06. The number of rotatable bonds is 3. The Hall–Kier alpha value is -1.16. The van der Waals surface area contributed by atoms with Crippen LogP contribution in [-0.4, -0.2) is 33.8 Å². The van der Waals surface area contributed by atoms with E-state index in [-0.39, 0.29) is 0 Å². The van der Waals surface area contributed by atoms with E-state index in [4.69, 9.17) is 0 Å². The van der Waals surface area contributed by atoms with Crippen LogP contribution in [0, 0.1) is 13.8 Å². The lowest BCUT2D eigenvalue weighted by molar-refractivity contribution is 0.00290. The molecule has 1 fully saturated rings. The van der Waals surface area contributed by atoms with Crippen molar-refractivity contribution in [3.8, 4) is 0 Å². The van der Waals surface area contributed by atoms with Crippen molar-refractivity contribution < 1.29 is 5.11 Å². The molecule has 4 nitrogen and oxygen atoms in total. The summed E-state index contributed by atoms with van der Waals surface area (Å²) in [6, 6.07) is 1.97. The SMILES string of the molecule is CCCC1(O)CN(c2cc(C)nc(C)n2)C1. The van der Waals surface area contributed by atoms with Crippen LogP contribution in [0.5, 0.6) is 0 Å². The summed E-state index contributed by atoms with van der Waals surface area (Å²) in [5.74, 6) is 1.73. The number of anilines is 1. The number of β-amino-alcohol motifs (C(OH)–C–C–N with tert-alkyl or cyclic N) is 1. The van der Waals surface area contributed by atoms with E-state index in [1.54, 1.807) is 0 Å². The van der Waals surface area contributed by atoms with Crippen molar-refractivity contribution in [3.63, 3.8) is 0 Å². The summed E-state index contributed by atoms with van der Waals surface area (Å²) in [5.41, 5.74) is 0.482. The van der Waals surface area contributed by atoms with Gasteiger partial charge >= 0.3 is 0 Å². The summed E-state index contributed by atoms with van der Waals surface area (Å²) in [6.07, 6.45) is 1.89. The molecule has 0 atom stereocenters. The molecule has 0 spiro atoms. The van der Waals surface area contributed by atoms with Crippen LogP contribution >= 0.6 is 0 Å². The fraction of sp³-hybridized carbons (Fsp3) is 0.667. The second kappa shape index (κ2) is 4.01. The van der Waals surface area contributed by atoms with Gasteiger partial charge in [0.15, 0.2) is 0 Å². The molecule has 4 heteroatoms. The number of aromatic nitrogens is 2. The van der Waals surface area contributed by atoms with Gasteiger partial charge in [-0.1, -0.05) is 13.3 Å². The molecule has 2 rings (SSSR count). The highest BCUT2D eigenvalue weighted by Gasteiger charge is 2.40. The number of aliphatic hydroxyl groups is 1. The van der Waals surface area contributed by atoms with E-state index in [1.807, 2.05) is 19.9 Å². The molecule has 0 amide bonds. The zero-order chi connectivity index (χ0) is 11.8. The summed E-state index contributed by atoms with van der Waals surface area (Å²) in [4.78, 5) is 10.7. The van der Waals surface area contributed by atoms with Crippen molar-refractivity contribution in [1.29, 1.82) is 0 Å². The van der Waals surface area contributed by atoms with E-state index in [9.17, 15) is 5.11 Å². The zero-order valence-corrected chi connectivity index (χ0v) is 10.2. The molecule has 0 aliphatic carbocycles. The molecule has 0 unspecified atom stereocenters. The van der Waals surface area contributed by atoms with Crippen molar-refractivity contribution in [2.75, 3.05) is 18.0 Å². The molecule has 2 heterocycles. The van der Waals surface area contributed by atoms with Gasteiger partial charge in [-0.3, -0.25) is 0 Å². The topological polar surface area (TPSA) is 49.2 Å². The second-order valence-corrected chi connectivity index (χ2v) is 4.75. The maximum atomic E-state index is 10.1. The lowest BCUT2D eigenvalue weighted by Crippen LogP contribution is -2.62. The van der Waals surface area contributed by atoms with Gasteiger partial charge in [-0.25, -0.2) is 9.97 Å². The van der Waals surface area contributed by atoms with Crippen molar-refractivity contribution >= 4 is 5.82 Å². The lowest BCUT2D eigenvalue weighted by atomic mass is 9.89. The van der Waals surface area contributed by atoms with Crippen molar-refractivity contribution in [1.82, 2.24) is 9.97 Å². The molecule has 0 aromatic carbocycles. The molecule has 1 aliphatic heterocycles. The van der Waals surface area contributed by atoms with E-state index in [2.05, 4.69) is 21.8 Å². The van der Waals surface area contributed by atoms with Crippen LogP contribution in [0.2, 0.25) is 0 Å². The monoisotopic (exact) mass is 221 g/mol. The number of nitrogens with zero attached hydrogens (tertiary/aromatic N) is 3. The Morgan fingerprint density at radius 2 is 2.06 bits per heavy atom. The molecule has 0 bridgehead atoms. The molecule has 1 saturated heterocycles. The minimum Gasteiger partial charge on any atom is -0.386 e. The van der Waals surface area contributed by atoms with E-state index >= 15 is 0 Å². The molecule has 88 valence electrons. The predicted octanol–water partition coefficient (Wildman–Crippen LogP) is 1.44. The first-order valence-corrected chi connectivity index (χ1v) is 5.82. The van der Waals surface area contributed by atoms with Gasteiger partial charge in [-0.05, 0) is 20.3 Å². The summed E-state index contributed by atoms with van der Waals surface area (Å²) in [7, 11) is 0. The smallest absolute Gasteiger partial charge is 0.132 e. The minimum absolute atomic E-state index is 0.499. The minimum atomic E-state index is -0.499. The van der Waals surface area contributed by atoms with Gasteiger partial charge in [0.25, 0.3) is 0 Å². The Morgan fingerprint density at radius 3 is 2.62 bits per heavy atom. The fourth-order valence-corrected chi connectivity index (χ4v) is 2.31. The van der Waals surface area contributed by atoms with Crippen LogP contribution in [-0.2, 0) is 0 Å². The Labute approximate surface area is 96.3 Å². The van der Waals surface area contributed by atoms with Crippen molar-refractivity contribution in [2.45, 2.75) is 39.2 Å². The standard InChI is InChI=1S/C12H19N3O/c1-4-5-12(16)7-15(8-12)11-6-9(2)13-10(3)14-11/h6,16H,4-5,7-8H2,1-3H3. The first-order chi connectivity index (χ1) is 7.52. The van der Waals surface area contributed by atoms with Crippen LogP contribution in [0.15, 0.2) is 6.07 Å². The summed E-state index contributed by atoms with van der Waals surface area (Å²) < 4.78 is 0. The van der Waals surface area contributed by atoms with Crippen LogP contribution < -0.4 is 4.90 Å². The lowest BCUT2D eigenvalue weighted by Gasteiger charge is -2.47. The Kier molecular flexibility index (Phi) is 2.84. The highest BCUT2D eigenvalue weighted by Crippen LogP contribution is 2.29. The molecule has 16 heavy (non-hydrogen) atoms. The third kappa shape index (κ3) is 2.16. The first-order valence-electron chi connectivity index (χ1n) is 5.82. The predicted molar refractivity (Wildman–Crippen MR) is 63.6 cm³/mol. The molecule has 0 saturated carbocycles. The van der Waals surface area contributed by atoms with Gasteiger partial charge in [0.1, 0.15) is 11.6 Å². The van der Waals surface area contributed by atoms with Crippen LogP contribution in [0.4, 0.5) is 5.82 Å². The third-order valence-corrected chi connectivity index (χ3v) is 2.96. The molecule has 1 N–H and O–H groups in total. The highest BCUT2D eigenvalue weighted by molar-refractivity contribution is 5.44. The number of hydrogen-bond acceptors (Lipinski definition) is 4. The van der Waals surface area contributed by atoms with Gasteiger partial charge in [-0.15, -0.1) is 0 Å². The maximum Gasteiger partial charge on any atom is 0.132 e. The Bertz CT molecular complexity index is 366. The quantitative estimate of drug-likeness (QED) is 0.839. The first kappa shape index (κ1) is 11.3. The second-order valence-electron chi connectivity index (χ2n) is 4.75. The van der Waals surface area contributed by atoms with E-state index in [0.717, 1.165) is 30.2 Å². The summed E-state index contributed by atoms with van der Waals surface area (Å²) in [5, 5.41) is 10.1. The zero-order valence-electron chi connectivity index (χ0n) is 10.2.